The van der Waals surface area contributed by atoms with Gasteiger partial charge < -0.3 is 5.32 Å². The molecule has 0 spiro atoms. The van der Waals surface area contributed by atoms with E-state index < -0.39 is 16.0 Å². The number of anilines is 1. The molecule has 5 nitrogen and oxygen atoms in total. The third-order valence-electron chi connectivity index (χ3n) is 2.84. The highest BCUT2D eigenvalue weighted by atomic mass is 35.5. The van der Waals surface area contributed by atoms with Crippen LogP contribution in [0.3, 0.4) is 0 Å². The van der Waals surface area contributed by atoms with Crippen molar-refractivity contribution in [2.24, 2.45) is 0 Å². The van der Waals surface area contributed by atoms with E-state index in [1.165, 1.54) is 30.3 Å². The zero-order valence-corrected chi connectivity index (χ0v) is 13.6. The fourth-order valence-electron chi connectivity index (χ4n) is 1.81. The molecule has 0 atom stereocenters. The summed E-state index contributed by atoms with van der Waals surface area (Å²) >= 11 is 11.7. The van der Waals surface area contributed by atoms with Crippen molar-refractivity contribution >= 4 is 44.9 Å². The fourth-order valence-corrected chi connectivity index (χ4v) is 3.04. The zero-order valence-electron chi connectivity index (χ0n) is 11.3. The van der Waals surface area contributed by atoms with Gasteiger partial charge in [0.15, 0.2) is 0 Å². The van der Waals surface area contributed by atoms with E-state index >= 15 is 0 Å². The monoisotopic (exact) mass is 359 g/mol. The summed E-state index contributed by atoms with van der Waals surface area (Å²) in [6.07, 6.45) is 0. The number of carbonyl (C=O) groups excluding carboxylic acids is 1. The fraction of sp³-hybridized carbons (Fsp3) is 0.0714. The SMILES string of the molecule is Cc1ccc(NC(=O)c2ccc(Cl)cc2Cl)c(S(=O)(=O)O)c1. The molecule has 2 rings (SSSR count). The summed E-state index contributed by atoms with van der Waals surface area (Å²) in [6, 6.07) is 8.56. The van der Waals surface area contributed by atoms with Crippen molar-refractivity contribution in [3.8, 4) is 0 Å². The molecule has 0 unspecified atom stereocenters. The Hall–Kier alpha value is -1.60. The highest BCUT2D eigenvalue weighted by Gasteiger charge is 2.19. The van der Waals surface area contributed by atoms with Gasteiger partial charge in [-0.05, 0) is 42.8 Å². The number of aryl methyl sites for hydroxylation is 1. The van der Waals surface area contributed by atoms with Crippen LogP contribution in [0.25, 0.3) is 0 Å². The number of hydrogen-bond acceptors (Lipinski definition) is 3. The third kappa shape index (κ3) is 3.78. The molecule has 0 aliphatic heterocycles. The first-order chi connectivity index (χ1) is 10.2. The van der Waals surface area contributed by atoms with Gasteiger partial charge in [-0.1, -0.05) is 29.3 Å². The number of carbonyl (C=O) groups is 1. The second-order valence-electron chi connectivity index (χ2n) is 4.55. The van der Waals surface area contributed by atoms with Crippen LogP contribution in [0.2, 0.25) is 10.0 Å². The van der Waals surface area contributed by atoms with Crippen LogP contribution >= 0.6 is 23.2 Å². The van der Waals surface area contributed by atoms with Gasteiger partial charge in [-0.25, -0.2) is 0 Å². The Morgan fingerprint density at radius 3 is 2.41 bits per heavy atom. The summed E-state index contributed by atoms with van der Waals surface area (Å²) in [7, 11) is -4.47. The Bertz CT molecular complexity index is 850. The van der Waals surface area contributed by atoms with Crippen LogP contribution in [0.15, 0.2) is 41.3 Å². The Labute approximate surface area is 137 Å². The maximum Gasteiger partial charge on any atom is 0.296 e. The van der Waals surface area contributed by atoms with Crippen LogP contribution in [-0.4, -0.2) is 18.9 Å². The highest BCUT2D eigenvalue weighted by Crippen LogP contribution is 2.25. The quantitative estimate of drug-likeness (QED) is 0.816. The van der Waals surface area contributed by atoms with Gasteiger partial charge in [0.05, 0.1) is 16.3 Å². The largest absolute Gasteiger partial charge is 0.321 e. The van der Waals surface area contributed by atoms with E-state index in [1.54, 1.807) is 13.0 Å². The van der Waals surface area contributed by atoms with Gasteiger partial charge in [0.2, 0.25) is 0 Å². The number of halogens is 2. The molecule has 0 heterocycles. The van der Waals surface area contributed by atoms with Crippen molar-refractivity contribution in [1.29, 1.82) is 0 Å². The summed E-state index contributed by atoms with van der Waals surface area (Å²) in [5.41, 5.74) is 0.715. The van der Waals surface area contributed by atoms with Crippen molar-refractivity contribution in [3.05, 3.63) is 57.6 Å². The summed E-state index contributed by atoms with van der Waals surface area (Å²) in [5.74, 6) is -0.615. The highest BCUT2D eigenvalue weighted by molar-refractivity contribution is 7.86. The third-order valence-corrected chi connectivity index (χ3v) is 4.28. The van der Waals surface area contributed by atoms with Crippen LogP contribution in [0.4, 0.5) is 5.69 Å². The molecule has 0 fully saturated rings. The molecular weight excluding hydrogens is 349 g/mol. The molecule has 2 aromatic rings. The van der Waals surface area contributed by atoms with Crippen molar-refractivity contribution in [3.63, 3.8) is 0 Å². The molecule has 0 aromatic heterocycles. The van der Waals surface area contributed by atoms with Crippen LogP contribution in [0, 0.1) is 6.92 Å². The van der Waals surface area contributed by atoms with Gasteiger partial charge in [0.25, 0.3) is 16.0 Å². The molecule has 116 valence electrons. The van der Waals surface area contributed by atoms with Crippen LogP contribution in [0.5, 0.6) is 0 Å². The minimum Gasteiger partial charge on any atom is -0.321 e. The number of amides is 1. The Balaban J connectivity index is 2.41. The predicted molar refractivity (Wildman–Crippen MR) is 85.4 cm³/mol. The molecular formula is C14H11Cl2NO4S. The van der Waals surface area contributed by atoms with Crippen LogP contribution in [-0.2, 0) is 10.1 Å². The standard InChI is InChI=1S/C14H11Cl2NO4S/c1-8-2-5-12(13(6-8)22(19,20)21)17-14(18)10-4-3-9(15)7-11(10)16/h2-7H,1H3,(H,17,18)(H,19,20,21). The second kappa shape index (κ2) is 6.26. The topological polar surface area (TPSA) is 83.5 Å². The number of hydrogen-bond donors (Lipinski definition) is 2. The van der Waals surface area contributed by atoms with Gasteiger partial charge in [-0.2, -0.15) is 8.42 Å². The Morgan fingerprint density at radius 2 is 1.82 bits per heavy atom. The summed E-state index contributed by atoms with van der Waals surface area (Å²) in [6.45, 7) is 1.66. The van der Waals surface area contributed by atoms with E-state index in [0.717, 1.165) is 0 Å². The van der Waals surface area contributed by atoms with Gasteiger partial charge in [-0.15, -0.1) is 0 Å². The van der Waals surface area contributed by atoms with E-state index in [4.69, 9.17) is 23.2 Å². The van der Waals surface area contributed by atoms with Crippen molar-refractivity contribution < 1.29 is 17.8 Å². The molecule has 8 heteroatoms. The van der Waals surface area contributed by atoms with E-state index in [-0.39, 0.29) is 21.2 Å². The minimum atomic E-state index is -4.47. The van der Waals surface area contributed by atoms with Gasteiger partial charge in [-0.3, -0.25) is 9.35 Å². The van der Waals surface area contributed by atoms with Gasteiger partial charge in [0.1, 0.15) is 4.90 Å². The molecule has 0 aliphatic rings. The molecule has 0 radical (unpaired) electrons. The first kappa shape index (κ1) is 16.8. The Kier molecular flexibility index (Phi) is 4.77. The smallest absolute Gasteiger partial charge is 0.296 e. The predicted octanol–water partition coefficient (Wildman–Crippen LogP) is 3.80. The molecule has 22 heavy (non-hydrogen) atoms. The van der Waals surface area contributed by atoms with E-state index in [2.05, 4.69) is 5.32 Å². The lowest BCUT2D eigenvalue weighted by atomic mass is 10.2. The van der Waals surface area contributed by atoms with Gasteiger partial charge in [0, 0.05) is 5.02 Å². The number of nitrogens with one attached hydrogen (secondary N) is 1. The van der Waals surface area contributed by atoms with Crippen molar-refractivity contribution in [2.75, 3.05) is 5.32 Å². The maximum absolute atomic E-state index is 12.2. The molecule has 0 bridgehead atoms. The number of benzene rings is 2. The lowest BCUT2D eigenvalue weighted by Gasteiger charge is -2.11. The summed E-state index contributed by atoms with van der Waals surface area (Å²) in [4.78, 5) is 11.8. The first-order valence-corrected chi connectivity index (χ1v) is 8.22. The zero-order chi connectivity index (χ0) is 16.5. The average Bonchev–Trinajstić information content (AvgIpc) is 2.39. The van der Waals surface area contributed by atoms with E-state index in [9.17, 15) is 17.8 Å². The first-order valence-electron chi connectivity index (χ1n) is 6.03. The van der Waals surface area contributed by atoms with Crippen LogP contribution in [0.1, 0.15) is 15.9 Å². The van der Waals surface area contributed by atoms with E-state index in [0.29, 0.717) is 10.6 Å². The Morgan fingerprint density at radius 1 is 1.14 bits per heavy atom. The van der Waals surface area contributed by atoms with Crippen molar-refractivity contribution in [1.82, 2.24) is 0 Å². The van der Waals surface area contributed by atoms with Crippen LogP contribution < -0.4 is 5.32 Å². The molecule has 0 saturated carbocycles. The number of rotatable bonds is 3. The summed E-state index contributed by atoms with van der Waals surface area (Å²) < 4.78 is 32.0. The lowest BCUT2D eigenvalue weighted by Crippen LogP contribution is -2.15. The molecule has 0 saturated heterocycles. The second-order valence-corrected chi connectivity index (χ2v) is 6.79. The van der Waals surface area contributed by atoms with E-state index in [1.807, 2.05) is 0 Å². The summed E-state index contributed by atoms with van der Waals surface area (Å²) in [5, 5.41) is 2.92. The molecule has 2 N–H and O–H groups in total. The lowest BCUT2D eigenvalue weighted by molar-refractivity contribution is 0.102. The van der Waals surface area contributed by atoms with Crippen molar-refractivity contribution in [2.45, 2.75) is 11.8 Å². The minimum absolute atomic E-state index is 0.0379. The molecule has 2 aromatic carbocycles. The average molecular weight is 360 g/mol. The van der Waals surface area contributed by atoms with Gasteiger partial charge >= 0.3 is 0 Å². The molecule has 0 aliphatic carbocycles. The maximum atomic E-state index is 12.2. The normalized spacial score (nSPS) is 11.3. The molecule has 1 amide bonds.